The quantitative estimate of drug-likeness (QED) is 0.584. The number of ether oxygens (including phenoxy) is 1. The third kappa shape index (κ3) is 5.45. The van der Waals surface area contributed by atoms with E-state index in [1.54, 1.807) is 6.07 Å². The van der Waals surface area contributed by atoms with Crippen molar-refractivity contribution in [1.82, 2.24) is 0 Å². The van der Waals surface area contributed by atoms with E-state index < -0.39 is 29.6 Å². The van der Waals surface area contributed by atoms with E-state index in [1.807, 2.05) is 13.0 Å². The molecule has 1 N–H and O–H groups in total. The molecule has 0 saturated carbocycles. The van der Waals surface area contributed by atoms with Crippen molar-refractivity contribution in [2.75, 3.05) is 5.32 Å². The monoisotopic (exact) mass is 381 g/mol. The molecule has 0 aliphatic heterocycles. The maximum atomic E-state index is 13.5. The van der Waals surface area contributed by atoms with E-state index in [-0.39, 0.29) is 24.3 Å². The molecule has 138 valence electrons. The van der Waals surface area contributed by atoms with Gasteiger partial charge in [0.25, 0.3) is 5.91 Å². The topological polar surface area (TPSA) is 72.5 Å². The molecule has 0 bridgehead atoms. The normalized spacial score (nSPS) is 11.7. The molecule has 0 fully saturated rings. The molecule has 1 amide bonds. The molecule has 5 nitrogen and oxygen atoms in total. The first kappa shape index (κ1) is 19.7. The number of ketones is 1. The summed E-state index contributed by atoms with van der Waals surface area (Å²) in [5.41, 5.74) is -0.346. The van der Waals surface area contributed by atoms with Crippen molar-refractivity contribution >= 4 is 34.7 Å². The lowest BCUT2D eigenvalue weighted by molar-refractivity contribution is -0.153. The van der Waals surface area contributed by atoms with Gasteiger partial charge >= 0.3 is 5.97 Å². The molecular formula is C18H17F2NO4S. The van der Waals surface area contributed by atoms with Crippen LogP contribution in [0.25, 0.3) is 0 Å². The number of hydrogen-bond acceptors (Lipinski definition) is 5. The van der Waals surface area contributed by atoms with Gasteiger partial charge in [-0.1, -0.05) is 0 Å². The Balaban J connectivity index is 1.83. The minimum Gasteiger partial charge on any atom is -0.453 e. The molecule has 1 heterocycles. The summed E-state index contributed by atoms with van der Waals surface area (Å²) < 4.78 is 31.5. The van der Waals surface area contributed by atoms with Gasteiger partial charge in [-0.25, -0.2) is 8.78 Å². The summed E-state index contributed by atoms with van der Waals surface area (Å²) in [6.07, 6.45) is -1.43. The van der Waals surface area contributed by atoms with Gasteiger partial charge in [-0.15, -0.1) is 11.3 Å². The molecule has 0 unspecified atom stereocenters. The van der Waals surface area contributed by atoms with E-state index in [0.29, 0.717) is 4.88 Å². The first-order valence-electron chi connectivity index (χ1n) is 7.81. The summed E-state index contributed by atoms with van der Waals surface area (Å²) in [6, 6.07) is 6.12. The Hall–Kier alpha value is -2.61. The molecule has 1 aromatic heterocycles. The highest BCUT2D eigenvalue weighted by Crippen LogP contribution is 2.18. The summed E-state index contributed by atoms with van der Waals surface area (Å²) in [6.45, 7) is 3.17. The Morgan fingerprint density at radius 2 is 1.88 bits per heavy atom. The number of aryl methyl sites for hydroxylation is 1. The van der Waals surface area contributed by atoms with Gasteiger partial charge in [0.15, 0.2) is 11.9 Å². The number of thiophene rings is 1. The van der Waals surface area contributed by atoms with Crippen molar-refractivity contribution in [1.29, 1.82) is 0 Å². The highest BCUT2D eigenvalue weighted by Gasteiger charge is 2.20. The van der Waals surface area contributed by atoms with Crippen LogP contribution in [0.15, 0.2) is 30.3 Å². The van der Waals surface area contributed by atoms with Crippen LogP contribution in [-0.2, 0) is 14.3 Å². The molecule has 0 radical (unpaired) electrons. The van der Waals surface area contributed by atoms with E-state index in [1.165, 1.54) is 18.3 Å². The number of halogens is 2. The molecule has 1 aromatic carbocycles. The predicted molar refractivity (Wildman–Crippen MR) is 93.2 cm³/mol. The molecule has 2 aromatic rings. The number of amides is 1. The van der Waals surface area contributed by atoms with Crippen LogP contribution < -0.4 is 5.32 Å². The third-order valence-electron chi connectivity index (χ3n) is 3.44. The second kappa shape index (κ2) is 8.66. The summed E-state index contributed by atoms with van der Waals surface area (Å²) in [7, 11) is 0. The molecular weight excluding hydrogens is 364 g/mol. The molecule has 26 heavy (non-hydrogen) atoms. The Morgan fingerprint density at radius 3 is 2.54 bits per heavy atom. The van der Waals surface area contributed by atoms with Gasteiger partial charge in [-0.05, 0) is 38.1 Å². The average Bonchev–Trinajstić information content (AvgIpc) is 3.02. The molecule has 0 saturated heterocycles. The zero-order valence-electron chi connectivity index (χ0n) is 14.2. The molecule has 0 spiro atoms. The maximum Gasteiger partial charge on any atom is 0.307 e. The number of benzene rings is 1. The van der Waals surface area contributed by atoms with Crippen LogP contribution in [0.4, 0.5) is 14.5 Å². The maximum absolute atomic E-state index is 13.5. The number of carbonyl (C=O) groups is 3. The lowest BCUT2D eigenvalue weighted by Crippen LogP contribution is -2.30. The van der Waals surface area contributed by atoms with Crippen molar-refractivity contribution < 1.29 is 27.9 Å². The van der Waals surface area contributed by atoms with E-state index in [4.69, 9.17) is 4.74 Å². The van der Waals surface area contributed by atoms with Crippen LogP contribution in [0.1, 0.15) is 34.3 Å². The number of carbonyl (C=O) groups excluding carboxylic acids is 3. The zero-order chi connectivity index (χ0) is 19.3. The standard InChI is InChI=1S/C18H17F2NO4S/c1-10-3-7-16(26-10)15(22)6-8-17(23)25-11(2)18(24)21-14-9-12(19)4-5-13(14)20/h3-5,7,9,11H,6,8H2,1-2H3,(H,21,24)/t11-/m0/s1. The fourth-order valence-electron chi connectivity index (χ4n) is 2.06. The number of Topliss-reactive ketones (excluding diaryl/α,β-unsaturated/α-hetero) is 1. The average molecular weight is 381 g/mol. The molecule has 8 heteroatoms. The van der Waals surface area contributed by atoms with Gasteiger partial charge in [0.05, 0.1) is 17.0 Å². The lowest BCUT2D eigenvalue weighted by atomic mass is 10.2. The second-order valence-electron chi connectivity index (χ2n) is 5.58. The van der Waals surface area contributed by atoms with Crippen molar-refractivity contribution in [2.24, 2.45) is 0 Å². The van der Waals surface area contributed by atoms with Crippen LogP contribution in [-0.4, -0.2) is 23.8 Å². The molecule has 0 aliphatic carbocycles. The van der Waals surface area contributed by atoms with Crippen LogP contribution in [0.2, 0.25) is 0 Å². The van der Waals surface area contributed by atoms with E-state index in [0.717, 1.165) is 23.1 Å². The highest BCUT2D eigenvalue weighted by molar-refractivity contribution is 7.14. The van der Waals surface area contributed by atoms with Gasteiger partial charge in [0, 0.05) is 17.4 Å². The number of anilines is 1. The Morgan fingerprint density at radius 1 is 1.15 bits per heavy atom. The molecule has 1 atom stereocenters. The summed E-state index contributed by atoms with van der Waals surface area (Å²) in [5, 5.41) is 2.15. The fourth-order valence-corrected chi connectivity index (χ4v) is 2.90. The minimum atomic E-state index is -1.22. The first-order valence-corrected chi connectivity index (χ1v) is 8.63. The van der Waals surface area contributed by atoms with Crippen molar-refractivity contribution in [3.8, 4) is 0 Å². The third-order valence-corrected chi connectivity index (χ3v) is 4.48. The smallest absolute Gasteiger partial charge is 0.307 e. The van der Waals surface area contributed by atoms with Crippen molar-refractivity contribution in [3.63, 3.8) is 0 Å². The lowest BCUT2D eigenvalue weighted by Gasteiger charge is -2.13. The first-order chi connectivity index (χ1) is 12.3. The van der Waals surface area contributed by atoms with Gasteiger partial charge in [-0.2, -0.15) is 0 Å². The predicted octanol–water partition coefficient (Wildman–Crippen LogP) is 3.87. The van der Waals surface area contributed by atoms with Crippen LogP contribution in [0.5, 0.6) is 0 Å². The highest BCUT2D eigenvalue weighted by atomic mass is 32.1. The molecule has 0 aliphatic rings. The summed E-state index contributed by atoms with van der Waals surface area (Å²) >= 11 is 1.34. The van der Waals surface area contributed by atoms with Crippen LogP contribution in [0, 0.1) is 18.6 Å². The van der Waals surface area contributed by atoms with Gasteiger partial charge < -0.3 is 10.1 Å². The Bertz CT molecular complexity index is 834. The van der Waals surface area contributed by atoms with Crippen molar-refractivity contribution in [2.45, 2.75) is 32.8 Å². The number of esters is 1. The Labute approximate surface area is 153 Å². The number of nitrogens with one attached hydrogen (secondary N) is 1. The SMILES string of the molecule is Cc1ccc(C(=O)CCC(=O)O[C@@H](C)C(=O)Nc2cc(F)ccc2F)s1. The van der Waals surface area contributed by atoms with Crippen LogP contribution in [0.3, 0.4) is 0 Å². The number of hydrogen-bond donors (Lipinski definition) is 1. The van der Waals surface area contributed by atoms with E-state index in [2.05, 4.69) is 5.32 Å². The van der Waals surface area contributed by atoms with Gasteiger partial charge in [0.1, 0.15) is 11.6 Å². The van der Waals surface area contributed by atoms with E-state index in [9.17, 15) is 23.2 Å². The van der Waals surface area contributed by atoms with Gasteiger partial charge in [0.2, 0.25) is 0 Å². The van der Waals surface area contributed by atoms with Crippen molar-refractivity contribution in [3.05, 3.63) is 51.7 Å². The number of rotatable bonds is 7. The zero-order valence-corrected chi connectivity index (χ0v) is 15.0. The Kier molecular flexibility index (Phi) is 6.57. The van der Waals surface area contributed by atoms with Crippen LogP contribution >= 0.6 is 11.3 Å². The van der Waals surface area contributed by atoms with E-state index >= 15 is 0 Å². The second-order valence-corrected chi connectivity index (χ2v) is 6.87. The minimum absolute atomic E-state index is 0.0361. The fraction of sp³-hybridized carbons (Fsp3) is 0.278. The summed E-state index contributed by atoms with van der Waals surface area (Å²) in [4.78, 5) is 37.2. The summed E-state index contributed by atoms with van der Waals surface area (Å²) in [5.74, 6) is -3.24. The molecule has 2 rings (SSSR count). The van der Waals surface area contributed by atoms with Gasteiger partial charge in [-0.3, -0.25) is 14.4 Å². The largest absolute Gasteiger partial charge is 0.453 e.